The van der Waals surface area contributed by atoms with Crippen LogP contribution >= 0.6 is 11.3 Å². The number of primary amides is 1. The lowest BCUT2D eigenvalue weighted by Crippen LogP contribution is -2.39. The summed E-state index contributed by atoms with van der Waals surface area (Å²) in [4.78, 5) is 30.2. The predicted molar refractivity (Wildman–Crippen MR) is 106 cm³/mol. The van der Waals surface area contributed by atoms with Gasteiger partial charge in [-0.3, -0.25) is 19.9 Å². The molecular formula is C19H20FN5O2S. The van der Waals surface area contributed by atoms with E-state index in [1.807, 2.05) is 0 Å². The molecule has 1 aromatic heterocycles. The van der Waals surface area contributed by atoms with Crippen LogP contribution in [0.15, 0.2) is 29.4 Å². The van der Waals surface area contributed by atoms with Gasteiger partial charge < -0.3 is 5.73 Å². The summed E-state index contributed by atoms with van der Waals surface area (Å²) in [6.45, 7) is 2.21. The molecule has 7 nitrogen and oxygen atoms in total. The zero-order valence-electron chi connectivity index (χ0n) is 15.3. The first-order valence-corrected chi connectivity index (χ1v) is 9.94. The Balaban J connectivity index is 1.53. The quantitative estimate of drug-likeness (QED) is 0.822. The number of rotatable bonds is 4. The van der Waals surface area contributed by atoms with Crippen molar-refractivity contribution in [1.29, 1.82) is 0 Å². The molecule has 0 bridgehead atoms. The van der Waals surface area contributed by atoms with Gasteiger partial charge in [0.05, 0.1) is 11.4 Å². The van der Waals surface area contributed by atoms with Gasteiger partial charge in [-0.15, -0.1) is 11.3 Å². The zero-order valence-corrected chi connectivity index (χ0v) is 16.1. The molecule has 9 heteroatoms. The summed E-state index contributed by atoms with van der Waals surface area (Å²) in [6, 6.07) is 4.72. The van der Waals surface area contributed by atoms with Crippen LogP contribution in [0.25, 0.3) is 0 Å². The van der Waals surface area contributed by atoms with E-state index >= 15 is 0 Å². The van der Waals surface area contributed by atoms with E-state index in [9.17, 15) is 14.0 Å². The number of benzene rings is 1. The number of carbonyl (C=O) groups is 2. The van der Waals surface area contributed by atoms with Crippen molar-refractivity contribution in [3.8, 4) is 0 Å². The van der Waals surface area contributed by atoms with Gasteiger partial charge >= 0.3 is 0 Å². The Labute approximate surface area is 165 Å². The number of halogens is 1. The SMILES string of the molecule is C[C@@H]1CCc2nc(NC(=O)C3=NN(c4ccc(F)cc4)[C@@H](C(N)=O)C3)sc2C1. The van der Waals surface area contributed by atoms with Crippen LogP contribution in [0, 0.1) is 11.7 Å². The van der Waals surface area contributed by atoms with E-state index < -0.39 is 23.7 Å². The second-order valence-electron chi connectivity index (χ2n) is 7.18. The molecule has 0 unspecified atom stereocenters. The smallest absolute Gasteiger partial charge is 0.273 e. The van der Waals surface area contributed by atoms with Crippen LogP contribution in [0.5, 0.6) is 0 Å². The van der Waals surface area contributed by atoms with Crippen LogP contribution < -0.4 is 16.1 Å². The van der Waals surface area contributed by atoms with Crippen molar-refractivity contribution < 1.29 is 14.0 Å². The minimum absolute atomic E-state index is 0.0840. The number of hydrogen-bond acceptors (Lipinski definition) is 6. The summed E-state index contributed by atoms with van der Waals surface area (Å²) in [5, 5.41) is 8.98. The van der Waals surface area contributed by atoms with Gasteiger partial charge in [-0.1, -0.05) is 6.92 Å². The van der Waals surface area contributed by atoms with E-state index in [1.165, 1.54) is 45.5 Å². The molecule has 1 aliphatic heterocycles. The molecule has 28 heavy (non-hydrogen) atoms. The molecule has 0 fully saturated rings. The molecule has 3 N–H and O–H groups in total. The normalized spacial score (nSPS) is 21.2. The summed E-state index contributed by atoms with van der Waals surface area (Å²) in [5.41, 5.74) is 7.21. The van der Waals surface area contributed by atoms with E-state index in [4.69, 9.17) is 5.73 Å². The maximum Gasteiger partial charge on any atom is 0.273 e. The highest BCUT2D eigenvalue weighted by Crippen LogP contribution is 2.32. The van der Waals surface area contributed by atoms with Gasteiger partial charge in [0, 0.05) is 11.3 Å². The van der Waals surface area contributed by atoms with Crippen molar-refractivity contribution in [1.82, 2.24) is 4.98 Å². The number of aromatic nitrogens is 1. The van der Waals surface area contributed by atoms with Crippen LogP contribution in [-0.4, -0.2) is 28.6 Å². The second kappa shape index (κ2) is 7.31. The van der Waals surface area contributed by atoms with Crippen molar-refractivity contribution in [3.05, 3.63) is 40.7 Å². The molecular weight excluding hydrogens is 381 g/mol. The zero-order chi connectivity index (χ0) is 19.8. The van der Waals surface area contributed by atoms with Crippen molar-refractivity contribution in [3.63, 3.8) is 0 Å². The Kier molecular flexibility index (Phi) is 4.84. The van der Waals surface area contributed by atoms with Crippen LogP contribution in [0.3, 0.4) is 0 Å². The Morgan fingerprint density at radius 3 is 2.75 bits per heavy atom. The molecule has 2 atom stereocenters. The highest BCUT2D eigenvalue weighted by atomic mass is 32.1. The third-order valence-electron chi connectivity index (χ3n) is 5.00. The van der Waals surface area contributed by atoms with Gasteiger partial charge in [-0.2, -0.15) is 5.10 Å². The molecule has 0 spiro atoms. The first kappa shape index (κ1) is 18.5. The Morgan fingerprint density at radius 2 is 2.04 bits per heavy atom. The van der Waals surface area contributed by atoms with Crippen molar-refractivity contribution in [2.75, 3.05) is 10.3 Å². The van der Waals surface area contributed by atoms with Gasteiger partial charge in [0.2, 0.25) is 5.91 Å². The predicted octanol–water partition coefficient (Wildman–Crippen LogP) is 2.47. The van der Waals surface area contributed by atoms with Gasteiger partial charge in [0.25, 0.3) is 5.91 Å². The minimum Gasteiger partial charge on any atom is -0.368 e. The number of aryl methyl sites for hydroxylation is 1. The first-order chi connectivity index (χ1) is 13.4. The summed E-state index contributed by atoms with van der Waals surface area (Å²) >= 11 is 1.49. The lowest BCUT2D eigenvalue weighted by Gasteiger charge is -2.20. The lowest BCUT2D eigenvalue weighted by molar-refractivity contribution is -0.119. The van der Waals surface area contributed by atoms with Crippen molar-refractivity contribution in [2.24, 2.45) is 16.8 Å². The monoisotopic (exact) mass is 401 g/mol. The summed E-state index contributed by atoms with van der Waals surface area (Å²) in [6.07, 6.45) is 3.09. The van der Waals surface area contributed by atoms with E-state index in [0.717, 1.165) is 25.0 Å². The van der Waals surface area contributed by atoms with Crippen LogP contribution in [0.1, 0.15) is 30.3 Å². The summed E-state index contributed by atoms with van der Waals surface area (Å²) in [5.74, 6) is -0.788. The van der Waals surface area contributed by atoms with Gasteiger partial charge in [-0.05, 0) is 49.4 Å². The van der Waals surface area contributed by atoms with Crippen molar-refractivity contribution in [2.45, 2.75) is 38.6 Å². The van der Waals surface area contributed by atoms with Crippen LogP contribution in [0.2, 0.25) is 0 Å². The molecule has 2 aliphatic rings. The van der Waals surface area contributed by atoms with E-state index in [2.05, 4.69) is 22.3 Å². The fourth-order valence-electron chi connectivity index (χ4n) is 3.46. The fourth-order valence-corrected chi connectivity index (χ4v) is 4.63. The molecule has 0 saturated carbocycles. The maximum atomic E-state index is 13.2. The van der Waals surface area contributed by atoms with E-state index in [1.54, 1.807) is 0 Å². The van der Waals surface area contributed by atoms with Crippen LogP contribution in [-0.2, 0) is 22.4 Å². The number of amides is 2. The Hall–Kier alpha value is -2.81. The molecule has 1 aliphatic carbocycles. The molecule has 2 aromatic rings. The van der Waals surface area contributed by atoms with Gasteiger partial charge in [0.1, 0.15) is 17.6 Å². The number of hydrogen-bond donors (Lipinski definition) is 2. The highest BCUT2D eigenvalue weighted by molar-refractivity contribution is 7.16. The average molecular weight is 401 g/mol. The number of thiazole rings is 1. The van der Waals surface area contributed by atoms with E-state index in [0.29, 0.717) is 16.7 Å². The largest absolute Gasteiger partial charge is 0.368 e. The van der Waals surface area contributed by atoms with Gasteiger partial charge in [-0.25, -0.2) is 9.37 Å². The number of fused-ring (bicyclic) bond motifs is 1. The summed E-state index contributed by atoms with van der Waals surface area (Å²) < 4.78 is 13.2. The van der Waals surface area contributed by atoms with Gasteiger partial charge in [0.15, 0.2) is 5.13 Å². The van der Waals surface area contributed by atoms with Crippen molar-refractivity contribution >= 4 is 39.7 Å². The number of nitrogens with one attached hydrogen (secondary N) is 1. The topological polar surface area (TPSA) is 101 Å². The molecule has 1 aromatic carbocycles. The third-order valence-corrected chi connectivity index (χ3v) is 6.03. The van der Waals surface area contributed by atoms with Crippen LogP contribution in [0.4, 0.5) is 15.2 Å². The van der Waals surface area contributed by atoms with E-state index in [-0.39, 0.29) is 12.1 Å². The molecule has 2 heterocycles. The lowest BCUT2D eigenvalue weighted by atomic mass is 9.93. The Bertz CT molecular complexity index is 956. The number of hydrazone groups is 1. The highest BCUT2D eigenvalue weighted by Gasteiger charge is 2.35. The average Bonchev–Trinajstić information content (AvgIpc) is 3.26. The molecule has 0 saturated heterocycles. The Morgan fingerprint density at radius 1 is 1.29 bits per heavy atom. The number of anilines is 2. The molecule has 146 valence electrons. The molecule has 2 amide bonds. The fraction of sp³-hybridized carbons (Fsp3) is 0.368. The molecule has 4 rings (SSSR count). The number of carbonyl (C=O) groups excluding carboxylic acids is 2. The summed E-state index contributed by atoms with van der Waals surface area (Å²) in [7, 11) is 0. The minimum atomic E-state index is -0.795. The maximum absolute atomic E-state index is 13.2. The second-order valence-corrected chi connectivity index (χ2v) is 8.26. The standard InChI is InChI=1S/C19H20FN5O2S/c1-10-2-7-13-16(8-10)28-19(22-13)23-18(27)14-9-15(17(21)26)25(24-14)12-5-3-11(20)4-6-12/h3-6,10,15H,2,7-9H2,1H3,(H2,21,26)(H,22,23,27)/t10-,15-/m1/s1. The first-order valence-electron chi connectivity index (χ1n) is 9.12. The third kappa shape index (κ3) is 3.62. The number of nitrogens with zero attached hydrogens (tertiary/aromatic N) is 3. The number of nitrogens with two attached hydrogens (primary N) is 1. The molecule has 0 radical (unpaired) electrons.